The molecule has 1 aliphatic heterocycles. The first-order valence-corrected chi connectivity index (χ1v) is 8.37. The van der Waals surface area contributed by atoms with E-state index in [9.17, 15) is 19.7 Å². The summed E-state index contributed by atoms with van der Waals surface area (Å²) in [6.07, 6.45) is 5.26. The maximum Gasteiger partial charge on any atom is 0.271 e. The summed E-state index contributed by atoms with van der Waals surface area (Å²) in [6, 6.07) is 3.85. The van der Waals surface area contributed by atoms with E-state index in [0.29, 0.717) is 11.8 Å². The van der Waals surface area contributed by atoms with E-state index < -0.39 is 4.92 Å². The molecular weight excluding hydrogens is 332 g/mol. The predicted molar refractivity (Wildman–Crippen MR) is 85.3 cm³/mol. The summed E-state index contributed by atoms with van der Waals surface area (Å²) in [5, 5.41) is 11.2. The van der Waals surface area contributed by atoms with Crippen LogP contribution in [-0.4, -0.2) is 16.7 Å². The monoisotopic (exact) mass is 344 g/mol. The van der Waals surface area contributed by atoms with Gasteiger partial charge in [0.15, 0.2) is 0 Å². The number of carbonyl (C=O) groups is 2. The van der Waals surface area contributed by atoms with Crippen molar-refractivity contribution in [2.45, 2.75) is 6.42 Å². The first-order valence-electron chi connectivity index (χ1n) is 7.99. The fourth-order valence-corrected chi connectivity index (χ4v) is 5.18. The zero-order valence-corrected chi connectivity index (χ0v) is 13.2. The highest BCUT2D eigenvalue weighted by molar-refractivity contribution is 6.36. The van der Waals surface area contributed by atoms with Gasteiger partial charge in [-0.3, -0.25) is 19.7 Å². The highest BCUT2D eigenvalue weighted by Gasteiger charge is 2.67. The van der Waals surface area contributed by atoms with Crippen LogP contribution in [0.3, 0.4) is 0 Å². The Hall–Kier alpha value is -2.21. The second-order valence-corrected chi connectivity index (χ2v) is 7.47. The van der Waals surface area contributed by atoms with Gasteiger partial charge in [-0.25, -0.2) is 4.90 Å². The minimum Gasteiger partial charge on any atom is -0.274 e. The van der Waals surface area contributed by atoms with Crippen molar-refractivity contribution in [3.05, 3.63) is 45.5 Å². The highest BCUT2D eigenvalue weighted by Crippen LogP contribution is 2.65. The molecule has 24 heavy (non-hydrogen) atoms. The quantitative estimate of drug-likeness (QED) is 0.357. The van der Waals surface area contributed by atoms with Crippen LogP contribution in [0.2, 0.25) is 5.02 Å². The van der Waals surface area contributed by atoms with Gasteiger partial charge >= 0.3 is 0 Å². The van der Waals surface area contributed by atoms with E-state index in [1.54, 1.807) is 0 Å². The van der Waals surface area contributed by atoms with Gasteiger partial charge in [0, 0.05) is 12.1 Å². The zero-order chi connectivity index (χ0) is 16.7. The van der Waals surface area contributed by atoms with E-state index in [0.717, 1.165) is 11.3 Å². The number of anilines is 1. The van der Waals surface area contributed by atoms with Gasteiger partial charge in [0.1, 0.15) is 0 Å². The fraction of sp³-hybridized carbons (Fsp3) is 0.412. The predicted octanol–water partition coefficient (Wildman–Crippen LogP) is 2.81. The normalized spacial score (nSPS) is 38.3. The second kappa shape index (κ2) is 4.45. The van der Waals surface area contributed by atoms with Crippen LogP contribution in [0.5, 0.6) is 0 Å². The minimum absolute atomic E-state index is 0.115. The molecule has 6 rings (SSSR count). The van der Waals surface area contributed by atoms with E-state index in [2.05, 4.69) is 12.2 Å². The fourth-order valence-electron chi connectivity index (χ4n) is 4.98. The molecule has 5 aliphatic rings. The number of nitro groups is 1. The number of hydrogen-bond acceptors (Lipinski definition) is 4. The number of rotatable bonds is 2. The van der Waals surface area contributed by atoms with Gasteiger partial charge in [-0.1, -0.05) is 23.8 Å². The summed E-state index contributed by atoms with van der Waals surface area (Å²) in [7, 11) is 0. The summed E-state index contributed by atoms with van der Waals surface area (Å²) in [6.45, 7) is 0. The Bertz CT molecular complexity index is 815. The van der Waals surface area contributed by atoms with Gasteiger partial charge in [0.2, 0.25) is 11.8 Å². The molecule has 122 valence electrons. The molecule has 7 heteroatoms. The molecule has 0 spiro atoms. The van der Waals surface area contributed by atoms with Crippen molar-refractivity contribution >= 4 is 34.8 Å². The van der Waals surface area contributed by atoms with Crippen LogP contribution in [0, 0.1) is 45.6 Å². The van der Waals surface area contributed by atoms with Crippen molar-refractivity contribution in [1.82, 2.24) is 0 Å². The smallest absolute Gasteiger partial charge is 0.271 e. The van der Waals surface area contributed by atoms with Gasteiger partial charge in [-0.05, 0) is 36.2 Å². The van der Waals surface area contributed by atoms with Crippen LogP contribution >= 0.6 is 11.6 Å². The molecule has 2 bridgehead atoms. The Morgan fingerprint density at radius 2 is 1.67 bits per heavy atom. The second-order valence-electron chi connectivity index (χ2n) is 7.06. The van der Waals surface area contributed by atoms with Crippen LogP contribution in [0.1, 0.15) is 6.42 Å². The summed E-state index contributed by atoms with van der Waals surface area (Å²) >= 11 is 6.15. The van der Waals surface area contributed by atoms with Crippen LogP contribution in [0.25, 0.3) is 0 Å². The lowest BCUT2D eigenvalue weighted by Crippen LogP contribution is -2.40. The van der Waals surface area contributed by atoms with Gasteiger partial charge in [0.25, 0.3) is 5.69 Å². The van der Waals surface area contributed by atoms with Crippen LogP contribution in [0.4, 0.5) is 11.4 Å². The van der Waals surface area contributed by atoms with Gasteiger partial charge in [-0.15, -0.1) is 0 Å². The van der Waals surface area contributed by atoms with Crippen molar-refractivity contribution in [2.24, 2.45) is 35.5 Å². The van der Waals surface area contributed by atoms with Crippen molar-refractivity contribution in [1.29, 1.82) is 0 Å². The number of hydrogen-bond donors (Lipinski definition) is 0. The number of allylic oxidation sites excluding steroid dienone is 2. The van der Waals surface area contributed by atoms with Gasteiger partial charge in [0.05, 0.1) is 27.5 Å². The summed E-state index contributed by atoms with van der Waals surface area (Å²) in [4.78, 5) is 37.5. The van der Waals surface area contributed by atoms with E-state index in [-0.39, 0.29) is 51.9 Å². The molecule has 3 fully saturated rings. The Morgan fingerprint density at radius 3 is 2.21 bits per heavy atom. The number of halogens is 1. The van der Waals surface area contributed by atoms with Crippen LogP contribution in [-0.2, 0) is 9.59 Å². The molecule has 0 N–H and O–H groups in total. The van der Waals surface area contributed by atoms with Crippen molar-refractivity contribution in [3.63, 3.8) is 0 Å². The van der Waals surface area contributed by atoms with E-state index in [1.165, 1.54) is 18.2 Å². The third kappa shape index (κ3) is 1.61. The topological polar surface area (TPSA) is 80.5 Å². The number of nitro benzene ring substituents is 1. The third-order valence-electron chi connectivity index (χ3n) is 6.04. The van der Waals surface area contributed by atoms with Crippen LogP contribution in [0.15, 0.2) is 30.4 Å². The number of carbonyl (C=O) groups excluding carboxylic acids is 2. The molecule has 0 aromatic heterocycles. The number of amides is 2. The van der Waals surface area contributed by atoms with Gasteiger partial charge in [-0.2, -0.15) is 0 Å². The van der Waals surface area contributed by atoms with Crippen LogP contribution < -0.4 is 4.90 Å². The standard InChI is InChI=1S/C17H13ClN2O4/c18-12-4-1-7(20(23)24)5-13(12)19-16(21)14-8-2-3-9(11-6-10(8)11)15(14)17(19)22/h1-5,8-11,14-15H,6H2/t8-,9-,10-,11+,14-,15+/m1/s1. The van der Waals surface area contributed by atoms with E-state index in [4.69, 9.17) is 11.6 Å². The number of nitrogens with zero attached hydrogens (tertiary/aromatic N) is 2. The van der Waals surface area contributed by atoms with E-state index >= 15 is 0 Å². The number of imide groups is 1. The Kier molecular flexibility index (Phi) is 2.62. The molecule has 6 atom stereocenters. The summed E-state index contributed by atoms with van der Waals surface area (Å²) < 4.78 is 0. The lowest BCUT2D eigenvalue weighted by atomic mass is 9.63. The number of benzene rings is 1. The maximum atomic E-state index is 13.0. The molecule has 2 amide bonds. The lowest BCUT2D eigenvalue weighted by molar-refractivity contribution is -0.384. The molecule has 2 saturated carbocycles. The number of non-ortho nitro benzene ring substituents is 1. The first kappa shape index (κ1) is 14.2. The average Bonchev–Trinajstić information content (AvgIpc) is 3.33. The summed E-state index contributed by atoms with van der Waals surface area (Å²) in [5.41, 5.74) is -0.0582. The maximum absolute atomic E-state index is 13.0. The molecule has 1 heterocycles. The molecule has 0 radical (unpaired) electrons. The molecular formula is C17H13ClN2O4. The third-order valence-corrected chi connectivity index (χ3v) is 6.36. The summed E-state index contributed by atoms with van der Waals surface area (Å²) in [5.74, 6) is 0.0391. The largest absolute Gasteiger partial charge is 0.274 e. The van der Waals surface area contributed by atoms with Crippen molar-refractivity contribution < 1.29 is 14.5 Å². The Labute approximate surface area is 142 Å². The minimum atomic E-state index is -0.557. The Morgan fingerprint density at radius 1 is 1.08 bits per heavy atom. The highest BCUT2D eigenvalue weighted by atomic mass is 35.5. The Balaban J connectivity index is 1.60. The molecule has 6 nitrogen and oxygen atoms in total. The molecule has 0 unspecified atom stereocenters. The zero-order valence-electron chi connectivity index (χ0n) is 12.5. The molecule has 1 saturated heterocycles. The molecule has 4 aliphatic carbocycles. The van der Waals surface area contributed by atoms with Gasteiger partial charge < -0.3 is 0 Å². The first-order chi connectivity index (χ1) is 11.5. The SMILES string of the molecule is O=C1[C@@H]2[C@@H]3C=C[C@H]([C@@H]4C[C@H]34)[C@@H]2C(=O)N1c1cc([N+](=O)[O-])ccc1Cl. The van der Waals surface area contributed by atoms with Crippen molar-refractivity contribution in [3.8, 4) is 0 Å². The average molecular weight is 345 g/mol. The molecule has 1 aromatic carbocycles. The van der Waals surface area contributed by atoms with Crippen molar-refractivity contribution in [2.75, 3.05) is 4.90 Å². The molecule has 1 aromatic rings. The lowest BCUT2D eigenvalue weighted by Gasteiger charge is -2.37. The van der Waals surface area contributed by atoms with E-state index in [1.807, 2.05) is 0 Å².